The zero-order valence-corrected chi connectivity index (χ0v) is 11.2. The van der Waals surface area contributed by atoms with Gasteiger partial charge in [0, 0.05) is 24.7 Å². The van der Waals surface area contributed by atoms with Crippen LogP contribution in [-0.2, 0) is 19.4 Å². The van der Waals surface area contributed by atoms with E-state index in [9.17, 15) is 10.2 Å². The molecule has 1 atom stereocenters. The van der Waals surface area contributed by atoms with Crippen LogP contribution >= 0.6 is 0 Å². The first-order chi connectivity index (χ1) is 9.74. The van der Waals surface area contributed by atoms with E-state index in [2.05, 4.69) is 29.2 Å². The molecule has 102 valence electrons. The molecule has 0 unspecified atom stereocenters. The highest BCUT2D eigenvalue weighted by atomic mass is 16.3. The van der Waals surface area contributed by atoms with Crippen LogP contribution in [0.25, 0.3) is 0 Å². The van der Waals surface area contributed by atoms with Crippen LogP contribution in [0, 0.1) is 0 Å². The molecule has 0 spiro atoms. The number of aromatic hydroxyl groups is 2. The normalized spacial score (nSPS) is 20.9. The maximum atomic E-state index is 10.1. The topological polar surface area (TPSA) is 43.7 Å². The molecule has 0 aliphatic carbocycles. The van der Waals surface area contributed by atoms with Crippen molar-refractivity contribution in [3.8, 4) is 11.5 Å². The molecule has 0 radical (unpaired) electrons. The number of benzene rings is 2. The summed E-state index contributed by atoms with van der Waals surface area (Å²) in [6.07, 6.45) is 1.96. The van der Waals surface area contributed by atoms with Crippen molar-refractivity contribution in [2.45, 2.75) is 25.4 Å². The van der Waals surface area contributed by atoms with Gasteiger partial charge in [-0.3, -0.25) is 4.90 Å². The van der Waals surface area contributed by atoms with E-state index >= 15 is 0 Å². The summed E-state index contributed by atoms with van der Waals surface area (Å²) in [6, 6.07) is 12.6. The molecule has 0 saturated carbocycles. The van der Waals surface area contributed by atoms with Gasteiger partial charge in [-0.2, -0.15) is 0 Å². The number of rotatable bonds is 0. The largest absolute Gasteiger partial charge is 0.504 e. The van der Waals surface area contributed by atoms with Crippen molar-refractivity contribution in [1.29, 1.82) is 0 Å². The van der Waals surface area contributed by atoms with E-state index < -0.39 is 0 Å². The lowest BCUT2D eigenvalue weighted by Crippen LogP contribution is -2.39. The molecule has 2 aromatic carbocycles. The van der Waals surface area contributed by atoms with E-state index in [4.69, 9.17) is 0 Å². The molecule has 2 N–H and O–H groups in total. The van der Waals surface area contributed by atoms with E-state index in [0.717, 1.165) is 30.5 Å². The molecule has 0 amide bonds. The van der Waals surface area contributed by atoms with Gasteiger partial charge in [0.15, 0.2) is 11.5 Å². The first kappa shape index (κ1) is 11.8. The smallest absolute Gasteiger partial charge is 0.162 e. The van der Waals surface area contributed by atoms with Crippen molar-refractivity contribution in [3.05, 3.63) is 58.7 Å². The minimum atomic E-state index is -0.0143. The molecule has 2 aliphatic rings. The molecule has 3 nitrogen and oxygen atoms in total. The highest BCUT2D eigenvalue weighted by Crippen LogP contribution is 2.42. The Morgan fingerprint density at radius 2 is 1.85 bits per heavy atom. The maximum absolute atomic E-state index is 10.1. The summed E-state index contributed by atoms with van der Waals surface area (Å²) in [7, 11) is 0. The van der Waals surface area contributed by atoms with E-state index in [1.165, 1.54) is 11.1 Å². The number of hydrogen-bond donors (Lipinski definition) is 2. The molecule has 3 heteroatoms. The monoisotopic (exact) mass is 267 g/mol. The average Bonchev–Trinajstić information content (AvgIpc) is 2.50. The number of phenols is 2. The summed E-state index contributed by atoms with van der Waals surface area (Å²) in [4.78, 5) is 2.41. The van der Waals surface area contributed by atoms with E-state index in [-0.39, 0.29) is 11.5 Å². The Balaban J connectivity index is 1.80. The predicted molar refractivity (Wildman–Crippen MR) is 76.8 cm³/mol. The molecule has 0 aromatic heterocycles. The van der Waals surface area contributed by atoms with Crippen LogP contribution in [0.5, 0.6) is 11.5 Å². The molecular weight excluding hydrogens is 250 g/mol. The number of fused-ring (bicyclic) bond motifs is 4. The number of hydrogen-bond acceptors (Lipinski definition) is 3. The fourth-order valence-electron chi connectivity index (χ4n) is 3.58. The van der Waals surface area contributed by atoms with Crippen molar-refractivity contribution in [1.82, 2.24) is 4.90 Å². The Labute approximate surface area is 118 Å². The van der Waals surface area contributed by atoms with Crippen molar-refractivity contribution in [2.75, 3.05) is 6.54 Å². The molecule has 0 bridgehead atoms. The second-order valence-corrected chi connectivity index (χ2v) is 5.71. The second-order valence-electron chi connectivity index (χ2n) is 5.71. The van der Waals surface area contributed by atoms with Gasteiger partial charge in [-0.15, -0.1) is 0 Å². The SMILES string of the molecule is Oc1ccc2c(c1O)CN1CCc3ccccc3[C@@H]1C2. The molecule has 2 heterocycles. The Kier molecular flexibility index (Phi) is 2.51. The van der Waals surface area contributed by atoms with Crippen molar-refractivity contribution < 1.29 is 10.2 Å². The Morgan fingerprint density at radius 1 is 1.00 bits per heavy atom. The Bertz CT molecular complexity index is 681. The van der Waals surface area contributed by atoms with Crippen LogP contribution in [0.15, 0.2) is 36.4 Å². The summed E-state index contributed by atoms with van der Waals surface area (Å²) >= 11 is 0. The van der Waals surface area contributed by atoms with E-state index in [0.29, 0.717) is 12.6 Å². The fourth-order valence-corrected chi connectivity index (χ4v) is 3.58. The minimum Gasteiger partial charge on any atom is -0.504 e. The van der Waals surface area contributed by atoms with Crippen LogP contribution < -0.4 is 0 Å². The van der Waals surface area contributed by atoms with Crippen LogP contribution in [-0.4, -0.2) is 21.7 Å². The van der Waals surface area contributed by atoms with Crippen molar-refractivity contribution in [3.63, 3.8) is 0 Å². The molecule has 2 aliphatic heterocycles. The second kappa shape index (κ2) is 4.25. The van der Waals surface area contributed by atoms with E-state index in [1.54, 1.807) is 6.07 Å². The van der Waals surface area contributed by atoms with Crippen LogP contribution in [0.1, 0.15) is 28.3 Å². The van der Waals surface area contributed by atoms with Crippen LogP contribution in [0.2, 0.25) is 0 Å². The van der Waals surface area contributed by atoms with Gasteiger partial charge in [0.1, 0.15) is 0 Å². The fraction of sp³-hybridized carbons (Fsp3) is 0.294. The third-order valence-corrected chi connectivity index (χ3v) is 4.66. The number of phenolic OH excluding ortho intramolecular Hbond substituents is 2. The van der Waals surface area contributed by atoms with Crippen molar-refractivity contribution in [2.24, 2.45) is 0 Å². The van der Waals surface area contributed by atoms with Gasteiger partial charge in [0.05, 0.1) is 0 Å². The standard InChI is InChI=1S/C17H17NO2/c19-16-6-5-12-9-15-13-4-2-1-3-11(13)7-8-18(15)10-14(12)17(16)20/h1-6,15,19-20H,7-10H2/t15-/m0/s1. The third-order valence-electron chi connectivity index (χ3n) is 4.66. The predicted octanol–water partition coefficient (Wildman–Crippen LogP) is 2.75. The summed E-state index contributed by atoms with van der Waals surface area (Å²) in [5.41, 5.74) is 4.90. The van der Waals surface area contributed by atoms with Crippen LogP contribution in [0.4, 0.5) is 0 Å². The first-order valence-electron chi connectivity index (χ1n) is 7.08. The lowest BCUT2D eigenvalue weighted by atomic mass is 9.84. The van der Waals surface area contributed by atoms with Crippen LogP contribution in [0.3, 0.4) is 0 Å². The molecule has 4 rings (SSSR count). The van der Waals surface area contributed by atoms with Gasteiger partial charge in [-0.25, -0.2) is 0 Å². The van der Waals surface area contributed by atoms with Gasteiger partial charge in [0.2, 0.25) is 0 Å². The van der Waals surface area contributed by atoms with Gasteiger partial charge in [-0.1, -0.05) is 30.3 Å². The van der Waals surface area contributed by atoms with Crippen molar-refractivity contribution >= 4 is 0 Å². The van der Waals surface area contributed by atoms with Gasteiger partial charge in [-0.05, 0) is 35.6 Å². The summed E-state index contributed by atoms with van der Waals surface area (Å²) in [6.45, 7) is 1.73. The zero-order chi connectivity index (χ0) is 13.7. The average molecular weight is 267 g/mol. The lowest BCUT2D eigenvalue weighted by Gasteiger charge is -2.41. The molecular formula is C17H17NO2. The zero-order valence-electron chi connectivity index (χ0n) is 11.2. The van der Waals surface area contributed by atoms with E-state index in [1.807, 2.05) is 6.07 Å². The maximum Gasteiger partial charge on any atom is 0.162 e. The summed E-state index contributed by atoms with van der Waals surface area (Å²) in [5.74, 6) is 0.0411. The van der Waals surface area contributed by atoms with Gasteiger partial charge in [0.25, 0.3) is 0 Å². The summed E-state index contributed by atoms with van der Waals surface area (Å²) in [5, 5.41) is 19.7. The lowest BCUT2D eigenvalue weighted by molar-refractivity contribution is 0.158. The van der Waals surface area contributed by atoms with Gasteiger partial charge < -0.3 is 10.2 Å². The molecule has 0 saturated heterocycles. The molecule has 20 heavy (non-hydrogen) atoms. The summed E-state index contributed by atoms with van der Waals surface area (Å²) < 4.78 is 0. The molecule has 0 fully saturated rings. The first-order valence-corrected chi connectivity index (χ1v) is 7.08. The van der Waals surface area contributed by atoms with Gasteiger partial charge >= 0.3 is 0 Å². The minimum absolute atomic E-state index is 0.0143. The third kappa shape index (κ3) is 1.63. The Morgan fingerprint density at radius 3 is 2.75 bits per heavy atom. The quantitative estimate of drug-likeness (QED) is 0.721. The highest BCUT2D eigenvalue weighted by Gasteiger charge is 2.33. The highest BCUT2D eigenvalue weighted by molar-refractivity contribution is 5.51. The number of nitrogens with zero attached hydrogens (tertiary/aromatic N) is 1. The molecule has 2 aromatic rings. The Hall–Kier alpha value is -2.00.